The fourth-order valence-corrected chi connectivity index (χ4v) is 2.62. The molecule has 0 bridgehead atoms. The van der Waals surface area contributed by atoms with Gasteiger partial charge in [0.15, 0.2) is 17.4 Å². The highest BCUT2D eigenvalue weighted by atomic mass is 19.1. The van der Waals surface area contributed by atoms with Gasteiger partial charge < -0.3 is 15.3 Å². The topological polar surface area (TPSA) is 77.3 Å². The molecule has 0 heterocycles. The molecule has 0 aliphatic rings. The predicted molar refractivity (Wildman–Crippen MR) is 111 cm³/mol. The lowest BCUT2D eigenvalue weighted by atomic mass is 10.1. The minimum absolute atomic E-state index is 0.0860. The number of aromatic hydroxyl groups is 1. The molecule has 1 amide bonds. The first-order valence-corrected chi connectivity index (χ1v) is 9.08. The molecule has 30 heavy (non-hydrogen) atoms. The van der Waals surface area contributed by atoms with E-state index >= 15 is 0 Å². The highest BCUT2D eigenvalue weighted by molar-refractivity contribution is 5.94. The van der Waals surface area contributed by atoms with Crippen molar-refractivity contribution < 1.29 is 18.7 Å². The number of hydrogen-bond acceptors (Lipinski definition) is 5. The molecule has 3 aromatic rings. The maximum absolute atomic E-state index is 13.4. The van der Waals surface area contributed by atoms with Crippen LogP contribution in [0.2, 0.25) is 0 Å². The van der Waals surface area contributed by atoms with Crippen LogP contribution in [-0.4, -0.2) is 25.1 Å². The molecule has 0 spiro atoms. The third-order valence-corrected chi connectivity index (χ3v) is 4.31. The summed E-state index contributed by atoms with van der Waals surface area (Å²) in [6.45, 7) is -0.0860. The summed E-state index contributed by atoms with van der Waals surface area (Å²) in [6, 6.07) is 16.0. The Hall–Kier alpha value is -3.81. The van der Waals surface area contributed by atoms with Gasteiger partial charge in [-0.05, 0) is 66.2 Å². The van der Waals surface area contributed by atoms with Crippen molar-refractivity contribution in [2.75, 3.05) is 19.0 Å². The van der Waals surface area contributed by atoms with Crippen LogP contribution in [0.1, 0.15) is 15.9 Å². The second-order valence-corrected chi connectivity index (χ2v) is 6.75. The van der Waals surface area contributed by atoms with Gasteiger partial charge >= 0.3 is 0 Å². The van der Waals surface area contributed by atoms with Crippen molar-refractivity contribution in [3.63, 3.8) is 0 Å². The maximum Gasteiger partial charge on any atom is 0.251 e. The van der Waals surface area contributed by atoms with Crippen LogP contribution in [0.3, 0.4) is 0 Å². The van der Waals surface area contributed by atoms with Gasteiger partial charge in [0, 0.05) is 31.9 Å². The first kappa shape index (κ1) is 20.9. The van der Waals surface area contributed by atoms with Crippen molar-refractivity contribution >= 4 is 23.0 Å². The normalized spacial score (nSPS) is 10.9. The number of rotatable bonds is 6. The molecular formula is C22H20F2N4O2. The molecule has 3 aromatic carbocycles. The summed E-state index contributed by atoms with van der Waals surface area (Å²) in [4.78, 5) is 14.2. The van der Waals surface area contributed by atoms with E-state index in [1.807, 2.05) is 43.3 Å². The third-order valence-electron chi connectivity index (χ3n) is 4.31. The van der Waals surface area contributed by atoms with Gasteiger partial charge in [0.25, 0.3) is 5.91 Å². The molecular weight excluding hydrogens is 390 g/mol. The van der Waals surface area contributed by atoms with E-state index in [9.17, 15) is 13.6 Å². The van der Waals surface area contributed by atoms with Gasteiger partial charge in [-0.2, -0.15) is 10.2 Å². The minimum Gasteiger partial charge on any atom is -0.503 e. The summed E-state index contributed by atoms with van der Waals surface area (Å²) >= 11 is 0. The summed E-state index contributed by atoms with van der Waals surface area (Å²) in [5.41, 5.74) is 2.90. The molecule has 0 atom stereocenters. The third kappa shape index (κ3) is 5.16. The van der Waals surface area contributed by atoms with E-state index in [-0.39, 0.29) is 12.1 Å². The second kappa shape index (κ2) is 9.13. The zero-order chi connectivity index (χ0) is 21.7. The number of carbonyl (C=O) groups is 1. The van der Waals surface area contributed by atoms with Crippen LogP contribution in [0.25, 0.3) is 0 Å². The van der Waals surface area contributed by atoms with E-state index in [2.05, 4.69) is 15.5 Å². The van der Waals surface area contributed by atoms with Crippen LogP contribution < -0.4 is 10.2 Å². The van der Waals surface area contributed by atoms with Crippen molar-refractivity contribution in [3.05, 3.63) is 83.4 Å². The second-order valence-electron chi connectivity index (χ2n) is 6.75. The average Bonchev–Trinajstić information content (AvgIpc) is 2.75. The van der Waals surface area contributed by atoms with Gasteiger partial charge in [-0.25, -0.2) is 8.78 Å². The molecule has 3 rings (SSSR count). The quantitative estimate of drug-likeness (QED) is 0.556. The lowest BCUT2D eigenvalue weighted by Crippen LogP contribution is -2.22. The summed E-state index contributed by atoms with van der Waals surface area (Å²) in [5.74, 6) is -3.61. The van der Waals surface area contributed by atoms with Gasteiger partial charge in [0.1, 0.15) is 0 Å². The van der Waals surface area contributed by atoms with Crippen LogP contribution in [0.4, 0.5) is 25.8 Å². The largest absolute Gasteiger partial charge is 0.503 e. The smallest absolute Gasteiger partial charge is 0.251 e. The number of benzene rings is 3. The monoisotopic (exact) mass is 410 g/mol. The number of azo groups is 1. The van der Waals surface area contributed by atoms with Crippen LogP contribution in [0.5, 0.6) is 5.75 Å². The van der Waals surface area contributed by atoms with Gasteiger partial charge in [0.2, 0.25) is 0 Å². The van der Waals surface area contributed by atoms with Gasteiger partial charge in [-0.15, -0.1) is 0 Å². The first-order valence-electron chi connectivity index (χ1n) is 9.08. The van der Waals surface area contributed by atoms with E-state index in [0.717, 1.165) is 17.8 Å². The van der Waals surface area contributed by atoms with Gasteiger partial charge in [-0.3, -0.25) is 4.79 Å². The first-order chi connectivity index (χ1) is 14.3. The Balaban J connectivity index is 1.60. The number of phenols is 1. The van der Waals surface area contributed by atoms with Crippen LogP contribution in [0, 0.1) is 11.6 Å². The van der Waals surface area contributed by atoms with Crippen molar-refractivity contribution in [1.82, 2.24) is 5.32 Å². The molecule has 6 nitrogen and oxygen atoms in total. The molecule has 0 radical (unpaired) electrons. The van der Waals surface area contributed by atoms with Crippen molar-refractivity contribution in [3.8, 4) is 5.75 Å². The Kier molecular flexibility index (Phi) is 6.36. The SMILES string of the molecule is CN(C)c1ccc(/N=N/c2ccc(C(=O)NCc3cc(F)c(O)c(F)c3)cc2)cc1. The number of anilines is 1. The van der Waals surface area contributed by atoms with E-state index < -0.39 is 23.3 Å². The number of halogens is 2. The van der Waals surface area contributed by atoms with E-state index in [4.69, 9.17) is 5.11 Å². The molecule has 0 fully saturated rings. The van der Waals surface area contributed by atoms with Crippen molar-refractivity contribution in [2.24, 2.45) is 10.2 Å². The fraction of sp³-hybridized carbons (Fsp3) is 0.136. The number of nitrogens with zero attached hydrogens (tertiary/aromatic N) is 3. The standard InChI is InChI=1S/C22H20F2N4O2/c1-28(2)18-9-7-17(8-10-18)27-26-16-5-3-15(4-6-16)22(30)25-13-14-11-19(23)21(29)20(24)12-14/h3-12,29H,13H2,1-2H3,(H,25,30)/b27-26+. The molecule has 0 unspecified atom stereocenters. The van der Waals surface area contributed by atoms with Gasteiger partial charge in [0.05, 0.1) is 11.4 Å². The lowest BCUT2D eigenvalue weighted by molar-refractivity contribution is 0.0951. The van der Waals surface area contributed by atoms with Crippen LogP contribution >= 0.6 is 0 Å². The summed E-state index contributed by atoms with van der Waals surface area (Å²) in [5, 5.41) is 20.0. The summed E-state index contributed by atoms with van der Waals surface area (Å²) in [6.07, 6.45) is 0. The lowest BCUT2D eigenvalue weighted by Gasteiger charge is -2.11. The Morgan fingerprint density at radius 3 is 1.93 bits per heavy atom. The van der Waals surface area contributed by atoms with Crippen molar-refractivity contribution in [1.29, 1.82) is 0 Å². The summed E-state index contributed by atoms with van der Waals surface area (Å²) in [7, 11) is 3.91. The average molecular weight is 410 g/mol. The highest BCUT2D eigenvalue weighted by Crippen LogP contribution is 2.23. The molecule has 0 saturated heterocycles. The number of hydrogen-bond donors (Lipinski definition) is 2. The Morgan fingerprint density at radius 2 is 1.43 bits per heavy atom. The predicted octanol–water partition coefficient (Wildman–Crippen LogP) is 5.08. The Labute approximate surface area is 172 Å². The zero-order valence-electron chi connectivity index (χ0n) is 16.4. The summed E-state index contributed by atoms with van der Waals surface area (Å²) < 4.78 is 26.7. The van der Waals surface area contributed by atoms with Crippen LogP contribution in [-0.2, 0) is 6.54 Å². The van der Waals surface area contributed by atoms with Crippen molar-refractivity contribution in [2.45, 2.75) is 6.54 Å². The molecule has 0 aliphatic carbocycles. The number of phenolic OH excluding ortho intramolecular Hbond substituents is 1. The maximum atomic E-state index is 13.4. The number of amides is 1. The van der Waals surface area contributed by atoms with E-state index in [1.54, 1.807) is 24.3 Å². The Bertz CT molecular complexity index is 1040. The fourth-order valence-electron chi connectivity index (χ4n) is 2.62. The molecule has 0 aromatic heterocycles. The molecule has 2 N–H and O–H groups in total. The van der Waals surface area contributed by atoms with E-state index in [0.29, 0.717) is 16.9 Å². The molecule has 8 heteroatoms. The minimum atomic E-state index is -1.08. The van der Waals surface area contributed by atoms with Crippen LogP contribution in [0.15, 0.2) is 70.9 Å². The van der Waals surface area contributed by atoms with Gasteiger partial charge in [-0.1, -0.05) is 0 Å². The number of nitrogens with one attached hydrogen (secondary N) is 1. The Morgan fingerprint density at radius 1 is 0.933 bits per heavy atom. The highest BCUT2D eigenvalue weighted by Gasteiger charge is 2.11. The molecule has 0 aliphatic heterocycles. The number of carbonyl (C=O) groups excluding carboxylic acids is 1. The molecule has 154 valence electrons. The zero-order valence-corrected chi connectivity index (χ0v) is 16.4. The molecule has 0 saturated carbocycles. The van der Waals surface area contributed by atoms with E-state index in [1.165, 1.54) is 0 Å².